The molecule has 0 aromatic heterocycles. The molecule has 4 fully saturated rings. The molecule has 1 heterocycles. The Morgan fingerprint density at radius 3 is 2.60 bits per heavy atom. The fraction of sp³-hybridized carbons (Fsp3) is 0.926. The second kappa shape index (κ2) is 7.59. The Morgan fingerprint density at radius 1 is 1.07 bits per heavy atom. The molecular weight excluding hydrogens is 370 g/mol. The fourth-order valence-electron chi connectivity index (χ4n) is 9.36. The lowest BCUT2D eigenvalue weighted by molar-refractivity contribution is -0.0655. The van der Waals surface area contributed by atoms with Crippen molar-refractivity contribution in [3.8, 4) is 0 Å². The van der Waals surface area contributed by atoms with Crippen LogP contribution in [0.15, 0.2) is 11.6 Å². The lowest BCUT2D eigenvalue weighted by Gasteiger charge is -2.58. The Balaban J connectivity index is 1.39. The van der Waals surface area contributed by atoms with Gasteiger partial charge in [0.15, 0.2) is 0 Å². The molecule has 11 atom stereocenters. The van der Waals surface area contributed by atoms with Crippen LogP contribution in [0, 0.1) is 46.3 Å². The van der Waals surface area contributed by atoms with Crippen molar-refractivity contribution >= 4 is 0 Å². The summed E-state index contributed by atoms with van der Waals surface area (Å²) in [5.74, 6) is 3.90. The molecule has 0 aromatic carbocycles. The highest BCUT2D eigenvalue weighted by Gasteiger charge is 2.62. The van der Waals surface area contributed by atoms with Crippen molar-refractivity contribution in [3.05, 3.63) is 11.6 Å². The standard InChI is InChI=1S/C27H45NO2/c1-16-5-8-23(28-15-16)17(2)25-24(30)14-22-20-7-6-18-13-19(29)9-11-26(18,3)21(20)10-12-27(22,25)4/h6,16-17,19-25,28-30H,5,7-15H2,1-4H3/t16?,17-,19+,20-,21+,22+,23-,24-,25+,26+,27+/m1/s1. The minimum absolute atomic E-state index is 0.126. The maximum Gasteiger partial charge on any atom is 0.0579 e. The first-order chi connectivity index (χ1) is 14.2. The zero-order valence-corrected chi connectivity index (χ0v) is 19.7. The molecule has 4 aliphatic carbocycles. The van der Waals surface area contributed by atoms with Crippen molar-refractivity contribution in [2.75, 3.05) is 6.54 Å². The second-order valence-corrected chi connectivity index (χ2v) is 12.6. The van der Waals surface area contributed by atoms with Gasteiger partial charge in [-0.25, -0.2) is 0 Å². The molecule has 1 saturated heterocycles. The van der Waals surface area contributed by atoms with Crippen LogP contribution in [0.25, 0.3) is 0 Å². The zero-order chi connectivity index (χ0) is 21.3. The lowest BCUT2D eigenvalue weighted by Crippen LogP contribution is -2.53. The summed E-state index contributed by atoms with van der Waals surface area (Å²) in [5, 5.41) is 25.5. The van der Waals surface area contributed by atoms with Crippen molar-refractivity contribution < 1.29 is 10.2 Å². The van der Waals surface area contributed by atoms with Crippen molar-refractivity contribution in [2.24, 2.45) is 46.3 Å². The number of fused-ring (bicyclic) bond motifs is 5. The van der Waals surface area contributed by atoms with Crippen LogP contribution in [-0.2, 0) is 0 Å². The molecule has 0 radical (unpaired) electrons. The first-order valence-electron chi connectivity index (χ1n) is 13.0. The van der Waals surface area contributed by atoms with Crippen LogP contribution >= 0.6 is 0 Å². The van der Waals surface area contributed by atoms with Crippen molar-refractivity contribution in [2.45, 2.75) is 104 Å². The van der Waals surface area contributed by atoms with E-state index in [9.17, 15) is 10.2 Å². The number of hydrogen-bond acceptors (Lipinski definition) is 3. The Labute approximate surface area is 184 Å². The largest absolute Gasteiger partial charge is 0.393 e. The number of aliphatic hydroxyl groups is 2. The van der Waals surface area contributed by atoms with Gasteiger partial charge in [-0.2, -0.15) is 0 Å². The Hall–Kier alpha value is -0.380. The van der Waals surface area contributed by atoms with Crippen molar-refractivity contribution in [1.82, 2.24) is 5.32 Å². The van der Waals surface area contributed by atoms with Crippen LogP contribution in [0.5, 0.6) is 0 Å². The monoisotopic (exact) mass is 415 g/mol. The highest BCUT2D eigenvalue weighted by atomic mass is 16.3. The summed E-state index contributed by atoms with van der Waals surface area (Å²) in [5.41, 5.74) is 2.12. The predicted molar refractivity (Wildman–Crippen MR) is 122 cm³/mol. The molecule has 1 unspecified atom stereocenters. The maximum absolute atomic E-state index is 11.4. The molecule has 0 amide bonds. The summed E-state index contributed by atoms with van der Waals surface area (Å²) < 4.78 is 0. The minimum atomic E-state index is -0.138. The number of piperidine rings is 1. The fourth-order valence-corrected chi connectivity index (χ4v) is 9.36. The van der Waals surface area contributed by atoms with Crippen LogP contribution in [0.1, 0.15) is 85.5 Å². The predicted octanol–water partition coefficient (Wildman–Crippen LogP) is 4.92. The van der Waals surface area contributed by atoms with Gasteiger partial charge in [0.25, 0.3) is 0 Å². The van der Waals surface area contributed by atoms with E-state index in [0.29, 0.717) is 29.2 Å². The van der Waals surface area contributed by atoms with Gasteiger partial charge >= 0.3 is 0 Å². The van der Waals surface area contributed by atoms with E-state index in [4.69, 9.17) is 0 Å². The van der Waals surface area contributed by atoms with Gasteiger partial charge in [0.1, 0.15) is 0 Å². The van der Waals surface area contributed by atoms with Crippen LogP contribution in [0.2, 0.25) is 0 Å². The van der Waals surface area contributed by atoms with E-state index in [1.54, 1.807) is 5.57 Å². The van der Waals surface area contributed by atoms with Gasteiger partial charge in [-0.1, -0.05) is 39.3 Å². The van der Waals surface area contributed by atoms with Crippen LogP contribution in [-0.4, -0.2) is 35.0 Å². The first kappa shape index (κ1) is 21.5. The summed E-state index contributed by atoms with van der Waals surface area (Å²) >= 11 is 0. The zero-order valence-electron chi connectivity index (χ0n) is 19.7. The number of allylic oxidation sites excluding steroid dienone is 1. The van der Waals surface area contributed by atoms with Gasteiger partial charge in [-0.05, 0) is 111 Å². The molecule has 3 N–H and O–H groups in total. The van der Waals surface area contributed by atoms with Gasteiger partial charge < -0.3 is 15.5 Å². The van der Waals surface area contributed by atoms with E-state index >= 15 is 0 Å². The molecule has 0 aromatic rings. The molecule has 5 aliphatic rings. The van der Waals surface area contributed by atoms with E-state index in [1.807, 2.05) is 0 Å². The van der Waals surface area contributed by atoms with Gasteiger partial charge in [-0.15, -0.1) is 0 Å². The van der Waals surface area contributed by atoms with E-state index in [2.05, 4.69) is 39.1 Å². The molecule has 0 spiro atoms. The average molecular weight is 416 g/mol. The van der Waals surface area contributed by atoms with E-state index in [-0.39, 0.29) is 17.6 Å². The smallest absolute Gasteiger partial charge is 0.0579 e. The molecule has 3 nitrogen and oxygen atoms in total. The van der Waals surface area contributed by atoms with E-state index in [1.165, 1.54) is 32.1 Å². The average Bonchev–Trinajstić information content (AvgIpc) is 2.98. The molecule has 30 heavy (non-hydrogen) atoms. The number of rotatable bonds is 2. The van der Waals surface area contributed by atoms with E-state index in [0.717, 1.165) is 50.0 Å². The minimum Gasteiger partial charge on any atom is -0.393 e. The number of aliphatic hydroxyl groups excluding tert-OH is 2. The lowest BCUT2D eigenvalue weighted by atomic mass is 9.47. The summed E-state index contributed by atoms with van der Waals surface area (Å²) in [6, 6.07) is 0.573. The molecular formula is C27H45NO2. The first-order valence-corrected chi connectivity index (χ1v) is 13.0. The van der Waals surface area contributed by atoms with Crippen LogP contribution < -0.4 is 5.32 Å². The Morgan fingerprint density at radius 2 is 1.87 bits per heavy atom. The molecule has 3 heteroatoms. The van der Waals surface area contributed by atoms with Gasteiger partial charge in [0, 0.05) is 6.04 Å². The molecule has 0 bridgehead atoms. The molecule has 170 valence electrons. The number of nitrogens with one attached hydrogen (secondary N) is 1. The van der Waals surface area contributed by atoms with E-state index < -0.39 is 0 Å². The van der Waals surface area contributed by atoms with Gasteiger partial charge in [-0.3, -0.25) is 0 Å². The van der Waals surface area contributed by atoms with Crippen molar-refractivity contribution in [3.63, 3.8) is 0 Å². The molecule has 1 aliphatic heterocycles. The third-order valence-electron chi connectivity index (χ3n) is 11.1. The summed E-state index contributed by atoms with van der Waals surface area (Å²) in [7, 11) is 0. The van der Waals surface area contributed by atoms with Crippen LogP contribution in [0.4, 0.5) is 0 Å². The normalized spacial score (nSPS) is 54.5. The third kappa shape index (κ3) is 3.17. The van der Waals surface area contributed by atoms with Gasteiger partial charge in [0.05, 0.1) is 12.2 Å². The molecule has 5 rings (SSSR count). The Bertz CT molecular complexity index is 682. The van der Waals surface area contributed by atoms with Gasteiger partial charge in [0.2, 0.25) is 0 Å². The summed E-state index contributed by atoms with van der Waals surface area (Å²) in [4.78, 5) is 0. The second-order valence-electron chi connectivity index (χ2n) is 12.6. The summed E-state index contributed by atoms with van der Waals surface area (Å²) in [6.07, 6.45) is 12.6. The topological polar surface area (TPSA) is 52.5 Å². The summed E-state index contributed by atoms with van der Waals surface area (Å²) in [6.45, 7) is 11.0. The highest BCUT2D eigenvalue weighted by molar-refractivity contribution is 5.25. The Kier molecular flexibility index (Phi) is 5.43. The third-order valence-corrected chi connectivity index (χ3v) is 11.1. The van der Waals surface area contributed by atoms with Crippen LogP contribution in [0.3, 0.4) is 0 Å². The quantitative estimate of drug-likeness (QED) is 0.561. The maximum atomic E-state index is 11.4. The molecule has 3 saturated carbocycles. The number of hydrogen-bond donors (Lipinski definition) is 3. The highest BCUT2D eigenvalue weighted by Crippen LogP contribution is 2.67. The van der Waals surface area contributed by atoms with Crippen molar-refractivity contribution in [1.29, 1.82) is 0 Å². The SMILES string of the molecule is CC1CC[C@H]([C@@H](C)[C@H]2[C@H](O)C[C@H]3[C@@H]4CC=C5C[C@@H](O)CC[C@]5(C)[C@H]4CC[C@]23C)NC1.